The number of nitrogens with one attached hydrogen (secondary N) is 2. The van der Waals surface area contributed by atoms with Crippen molar-refractivity contribution in [3.05, 3.63) is 59.7 Å². The zero-order chi connectivity index (χ0) is 17.8. The first-order valence-corrected chi connectivity index (χ1v) is 7.00. The van der Waals surface area contributed by atoms with Crippen LogP contribution in [0.1, 0.15) is 11.1 Å². The van der Waals surface area contributed by atoms with Crippen LogP contribution in [0.25, 0.3) is 0 Å². The maximum atomic E-state index is 12.8. The molecule has 0 heterocycles. The molecule has 24 heavy (non-hydrogen) atoms. The fourth-order valence-electron chi connectivity index (χ4n) is 2.16. The molecule has 0 aliphatic heterocycles. The van der Waals surface area contributed by atoms with Gasteiger partial charge in [-0.2, -0.15) is 26.3 Å². The smallest absolute Gasteiger partial charge is 0.383 e. The lowest BCUT2D eigenvalue weighted by atomic mass is 10.1. The Bertz CT molecular complexity index is 619. The molecule has 2 rings (SSSR count). The van der Waals surface area contributed by atoms with Crippen molar-refractivity contribution in [3.63, 3.8) is 0 Å². The predicted octanol–water partition coefficient (Wildman–Crippen LogP) is 5.25. The number of alkyl halides is 6. The zero-order valence-electron chi connectivity index (χ0n) is 12.3. The molecule has 0 atom stereocenters. The Kier molecular flexibility index (Phi) is 5.26. The molecular formula is C16H14F6N2. The van der Waals surface area contributed by atoms with E-state index < -0.39 is 23.5 Å². The van der Waals surface area contributed by atoms with E-state index in [-0.39, 0.29) is 24.5 Å². The maximum absolute atomic E-state index is 12.8. The molecule has 0 saturated heterocycles. The molecule has 0 unspecified atom stereocenters. The highest BCUT2D eigenvalue weighted by molar-refractivity contribution is 5.54. The summed E-state index contributed by atoms with van der Waals surface area (Å²) in [5, 5.41) is 5.17. The van der Waals surface area contributed by atoms with Gasteiger partial charge < -0.3 is 10.6 Å². The molecule has 0 aromatic heterocycles. The highest BCUT2D eigenvalue weighted by atomic mass is 19.4. The monoisotopic (exact) mass is 348 g/mol. The average molecular weight is 348 g/mol. The van der Waals surface area contributed by atoms with Crippen LogP contribution in [0.3, 0.4) is 0 Å². The molecule has 130 valence electrons. The first-order chi connectivity index (χ1) is 11.2. The number of hydrogen-bond donors (Lipinski definition) is 2. The van der Waals surface area contributed by atoms with Crippen LogP contribution in [0, 0.1) is 0 Å². The number of anilines is 2. The molecule has 8 heteroatoms. The topological polar surface area (TPSA) is 24.1 Å². The van der Waals surface area contributed by atoms with E-state index in [9.17, 15) is 26.3 Å². The minimum Gasteiger partial charge on any atom is -0.383 e. The summed E-state index contributed by atoms with van der Waals surface area (Å²) in [5.41, 5.74) is -1.87. The summed E-state index contributed by atoms with van der Waals surface area (Å²) in [6, 6.07) is 9.86. The Hall–Kier alpha value is -2.38. The third kappa shape index (κ3) is 4.56. The minimum atomic E-state index is -4.50. The van der Waals surface area contributed by atoms with E-state index in [1.807, 2.05) is 0 Å². The Morgan fingerprint density at radius 1 is 0.583 bits per heavy atom. The van der Waals surface area contributed by atoms with Gasteiger partial charge in [0, 0.05) is 24.5 Å². The lowest BCUT2D eigenvalue weighted by Crippen LogP contribution is -2.18. The van der Waals surface area contributed by atoms with Gasteiger partial charge >= 0.3 is 12.4 Å². The van der Waals surface area contributed by atoms with E-state index in [2.05, 4.69) is 10.6 Å². The largest absolute Gasteiger partial charge is 0.418 e. The third-order valence-corrected chi connectivity index (χ3v) is 3.22. The molecular weight excluding hydrogens is 334 g/mol. The molecule has 2 nitrogen and oxygen atoms in total. The van der Waals surface area contributed by atoms with E-state index in [0.29, 0.717) is 0 Å². The average Bonchev–Trinajstić information content (AvgIpc) is 2.50. The second kappa shape index (κ2) is 7.02. The molecule has 0 fully saturated rings. The van der Waals surface area contributed by atoms with Gasteiger partial charge in [-0.3, -0.25) is 0 Å². The summed E-state index contributed by atoms with van der Waals surface area (Å²) in [4.78, 5) is 0. The standard InChI is InChI=1S/C16H14F6N2/c17-15(18,19)11-5-1-3-7-13(11)23-9-10-24-14-8-4-2-6-12(14)16(20,21)22/h1-8,23-24H,9-10H2. The maximum Gasteiger partial charge on any atom is 0.418 e. The summed E-state index contributed by atoms with van der Waals surface area (Å²) in [7, 11) is 0. The summed E-state index contributed by atoms with van der Waals surface area (Å²) in [6.45, 7) is 0.0541. The van der Waals surface area contributed by atoms with E-state index in [0.717, 1.165) is 12.1 Å². The number of rotatable bonds is 5. The van der Waals surface area contributed by atoms with Crippen LogP contribution in [-0.2, 0) is 12.4 Å². The fraction of sp³-hybridized carbons (Fsp3) is 0.250. The molecule has 0 aliphatic rings. The van der Waals surface area contributed by atoms with Crippen molar-refractivity contribution in [2.45, 2.75) is 12.4 Å². The molecule has 2 N–H and O–H groups in total. The van der Waals surface area contributed by atoms with Crippen LogP contribution in [-0.4, -0.2) is 13.1 Å². The molecule has 0 bridgehead atoms. The van der Waals surface area contributed by atoms with Crippen LogP contribution in [0.5, 0.6) is 0 Å². The Morgan fingerprint density at radius 2 is 0.917 bits per heavy atom. The molecule has 0 amide bonds. The third-order valence-electron chi connectivity index (χ3n) is 3.22. The zero-order valence-corrected chi connectivity index (χ0v) is 12.3. The van der Waals surface area contributed by atoms with Crippen molar-refractivity contribution < 1.29 is 26.3 Å². The van der Waals surface area contributed by atoms with Crippen molar-refractivity contribution in [2.75, 3.05) is 23.7 Å². The molecule has 2 aromatic carbocycles. The first kappa shape index (κ1) is 18.0. The van der Waals surface area contributed by atoms with Crippen LogP contribution >= 0.6 is 0 Å². The number of benzene rings is 2. The molecule has 0 saturated carbocycles. The first-order valence-electron chi connectivity index (χ1n) is 7.00. The van der Waals surface area contributed by atoms with Gasteiger partial charge in [0.15, 0.2) is 0 Å². The predicted molar refractivity (Wildman–Crippen MR) is 79.9 cm³/mol. The van der Waals surface area contributed by atoms with Gasteiger partial charge in [0.05, 0.1) is 11.1 Å². The van der Waals surface area contributed by atoms with Gasteiger partial charge in [-0.05, 0) is 24.3 Å². The van der Waals surface area contributed by atoms with Crippen molar-refractivity contribution in [1.29, 1.82) is 0 Å². The number of hydrogen-bond acceptors (Lipinski definition) is 2. The lowest BCUT2D eigenvalue weighted by molar-refractivity contribution is -0.137. The number of halogens is 6. The summed E-state index contributed by atoms with van der Waals surface area (Å²) in [5.74, 6) is 0. The van der Waals surface area contributed by atoms with E-state index in [4.69, 9.17) is 0 Å². The lowest BCUT2D eigenvalue weighted by Gasteiger charge is -2.16. The second-order valence-electron chi connectivity index (χ2n) is 4.94. The van der Waals surface area contributed by atoms with Gasteiger partial charge in [0.1, 0.15) is 0 Å². The SMILES string of the molecule is FC(F)(F)c1ccccc1NCCNc1ccccc1C(F)(F)F. The van der Waals surface area contributed by atoms with Crippen LogP contribution in [0.15, 0.2) is 48.5 Å². The normalized spacial score (nSPS) is 12.1. The summed E-state index contributed by atoms with van der Waals surface area (Å²) < 4.78 is 77.0. The molecule has 2 aromatic rings. The highest BCUT2D eigenvalue weighted by Crippen LogP contribution is 2.35. The van der Waals surface area contributed by atoms with E-state index in [1.165, 1.54) is 36.4 Å². The van der Waals surface area contributed by atoms with Crippen LogP contribution in [0.2, 0.25) is 0 Å². The second-order valence-corrected chi connectivity index (χ2v) is 4.94. The van der Waals surface area contributed by atoms with Gasteiger partial charge in [-0.1, -0.05) is 24.3 Å². The van der Waals surface area contributed by atoms with Gasteiger partial charge in [0.2, 0.25) is 0 Å². The van der Waals surface area contributed by atoms with Gasteiger partial charge in [-0.25, -0.2) is 0 Å². The van der Waals surface area contributed by atoms with Crippen molar-refractivity contribution in [1.82, 2.24) is 0 Å². The summed E-state index contributed by atoms with van der Waals surface area (Å²) in [6.07, 6.45) is -9.00. The van der Waals surface area contributed by atoms with Gasteiger partial charge in [-0.15, -0.1) is 0 Å². The molecule has 0 spiro atoms. The van der Waals surface area contributed by atoms with Gasteiger partial charge in [0.25, 0.3) is 0 Å². The van der Waals surface area contributed by atoms with Crippen molar-refractivity contribution in [2.24, 2.45) is 0 Å². The molecule has 0 radical (unpaired) electrons. The minimum absolute atomic E-state index is 0.0271. The van der Waals surface area contributed by atoms with Crippen LogP contribution < -0.4 is 10.6 Å². The van der Waals surface area contributed by atoms with E-state index >= 15 is 0 Å². The summed E-state index contributed by atoms with van der Waals surface area (Å²) >= 11 is 0. The Labute approximate surface area is 134 Å². The number of para-hydroxylation sites is 2. The fourth-order valence-corrected chi connectivity index (χ4v) is 2.16. The van der Waals surface area contributed by atoms with E-state index in [1.54, 1.807) is 0 Å². The van der Waals surface area contributed by atoms with Crippen molar-refractivity contribution in [3.8, 4) is 0 Å². The Morgan fingerprint density at radius 3 is 1.25 bits per heavy atom. The molecule has 0 aliphatic carbocycles. The van der Waals surface area contributed by atoms with Crippen LogP contribution in [0.4, 0.5) is 37.7 Å². The quantitative estimate of drug-likeness (QED) is 0.570. The Balaban J connectivity index is 1.98. The highest BCUT2D eigenvalue weighted by Gasteiger charge is 2.34. The van der Waals surface area contributed by atoms with Crippen molar-refractivity contribution >= 4 is 11.4 Å².